The average Bonchev–Trinajstić information content (AvgIpc) is 2.84. The Labute approximate surface area is 73.7 Å². The zero-order valence-electron chi connectivity index (χ0n) is 7.71. The van der Waals surface area contributed by atoms with Crippen molar-refractivity contribution >= 4 is 5.97 Å². The van der Waals surface area contributed by atoms with E-state index in [2.05, 4.69) is 11.8 Å². The smallest absolute Gasteiger partial charge is 0.307 e. The summed E-state index contributed by atoms with van der Waals surface area (Å²) in [6.45, 7) is 5.87. The number of nitrogens with zero attached hydrogens (tertiary/aromatic N) is 1. The SMILES string of the molecule is CCCCOC(=O)CCN1CC1. The predicted molar refractivity (Wildman–Crippen MR) is 46.9 cm³/mol. The van der Waals surface area contributed by atoms with Crippen molar-refractivity contribution < 1.29 is 9.53 Å². The molecule has 0 N–H and O–H groups in total. The highest BCUT2D eigenvalue weighted by Crippen LogP contribution is 2.04. The lowest BCUT2D eigenvalue weighted by atomic mass is 10.3. The number of ether oxygens (including phenoxy) is 1. The highest BCUT2D eigenvalue weighted by molar-refractivity contribution is 5.69. The van der Waals surface area contributed by atoms with Crippen LogP contribution >= 0.6 is 0 Å². The summed E-state index contributed by atoms with van der Waals surface area (Å²) in [6.07, 6.45) is 2.62. The first kappa shape index (κ1) is 9.52. The van der Waals surface area contributed by atoms with Gasteiger partial charge < -0.3 is 9.64 Å². The maximum absolute atomic E-state index is 11.0. The molecule has 70 valence electrons. The molecular formula is C9H17NO2. The van der Waals surface area contributed by atoms with Gasteiger partial charge in [0.25, 0.3) is 0 Å². The largest absolute Gasteiger partial charge is 0.466 e. The van der Waals surface area contributed by atoms with Crippen LogP contribution in [-0.2, 0) is 9.53 Å². The summed E-state index contributed by atoms with van der Waals surface area (Å²) >= 11 is 0. The number of rotatable bonds is 6. The van der Waals surface area contributed by atoms with Gasteiger partial charge in [0.1, 0.15) is 0 Å². The highest BCUT2D eigenvalue weighted by Gasteiger charge is 2.17. The van der Waals surface area contributed by atoms with E-state index in [9.17, 15) is 4.79 Å². The van der Waals surface area contributed by atoms with Crippen molar-refractivity contribution in [3.8, 4) is 0 Å². The van der Waals surface area contributed by atoms with Gasteiger partial charge in [-0.2, -0.15) is 0 Å². The van der Waals surface area contributed by atoms with E-state index in [1.807, 2.05) is 0 Å². The van der Waals surface area contributed by atoms with E-state index in [0.717, 1.165) is 32.5 Å². The third kappa shape index (κ3) is 4.34. The quantitative estimate of drug-likeness (QED) is 0.339. The summed E-state index contributed by atoms with van der Waals surface area (Å²) < 4.78 is 5.00. The second kappa shape index (κ2) is 5.14. The van der Waals surface area contributed by atoms with Crippen LogP contribution in [-0.4, -0.2) is 37.1 Å². The number of unbranched alkanes of at least 4 members (excludes halogenated alkanes) is 1. The Hall–Kier alpha value is -0.570. The van der Waals surface area contributed by atoms with Crippen LogP contribution in [0.3, 0.4) is 0 Å². The van der Waals surface area contributed by atoms with E-state index in [0.29, 0.717) is 13.0 Å². The third-order valence-electron chi connectivity index (χ3n) is 1.93. The monoisotopic (exact) mass is 171 g/mol. The van der Waals surface area contributed by atoms with Crippen LogP contribution in [0.1, 0.15) is 26.2 Å². The molecule has 0 amide bonds. The molecule has 1 rings (SSSR count). The van der Waals surface area contributed by atoms with E-state index in [4.69, 9.17) is 4.74 Å². The van der Waals surface area contributed by atoms with Gasteiger partial charge in [0.05, 0.1) is 13.0 Å². The molecule has 1 saturated heterocycles. The molecule has 1 fully saturated rings. The molecule has 1 aliphatic rings. The lowest BCUT2D eigenvalue weighted by Crippen LogP contribution is -2.11. The normalized spacial score (nSPS) is 16.1. The molecule has 0 aliphatic carbocycles. The molecule has 12 heavy (non-hydrogen) atoms. The number of esters is 1. The minimum Gasteiger partial charge on any atom is -0.466 e. The molecule has 0 aromatic rings. The molecule has 0 saturated carbocycles. The molecule has 0 radical (unpaired) electrons. The molecule has 0 unspecified atom stereocenters. The summed E-state index contributed by atoms with van der Waals surface area (Å²) in [4.78, 5) is 13.2. The van der Waals surface area contributed by atoms with E-state index in [-0.39, 0.29) is 5.97 Å². The third-order valence-corrected chi connectivity index (χ3v) is 1.93. The van der Waals surface area contributed by atoms with Gasteiger partial charge in [-0.15, -0.1) is 0 Å². The Morgan fingerprint density at radius 3 is 2.83 bits per heavy atom. The number of hydrogen-bond acceptors (Lipinski definition) is 3. The zero-order valence-corrected chi connectivity index (χ0v) is 7.71. The van der Waals surface area contributed by atoms with Gasteiger partial charge in [0.15, 0.2) is 0 Å². The van der Waals surface area contributed by atoms with E-state index in [1.165, 1.54) is 0 Å². The van der Waals surface area contributed by atoms with E-state index < -0.39 is 0 Å². The molecule has 3 nitrogen and oxygen atoms in total. The van der Waals surface area contributed by atoms with Gasteiger partial charge in [0, 0.05) is 19.6 Å². The Kier molecular flexibility index (Phi) is 4.08. The fourth-order valence-electron chi connectivity index (χ4n) is 0.946. The van der Waals surface area contributed by atoms with E-state index >= 15 is 0 Å². The van der Waals surface area contributed by atoms with Crippen molar-refractivity contribution in [1.82, 2.24) is 4.90 Å². The Morgan fingerprint density at radius 1 is 1.50 bits per heavy atom. The van der Waals surface area contributed by atoms with Crippen molar-refractivity contribution in [1.29, 1.82) is 0 Å². The maximum Gasteiger partial charge on any atom is 0.307 e. The zero-order chi connectivity index (χ0) is 8.81. The molecule has 0 spiro atoms. The standard InChI is InChI=1S/C9H17NO2/c1-2-3-8-12-9(11)4-5-10-6-7-10/h2-8H2,1H3. The maximum atomic E-state index is 11.0. The van der Waals surface area contributed by atoms with Gasteiger partial charge >= 0.3 is 5.97 Å². The first-order valence-electron chi connectivity index (χ1n) is 4.71. The lowest BCUT2D eigenvalue weighted by Gasteiger charge is -2.03. The topological polar surface area (TPSA) is 29.3 Å². The van der Waals surface area contributed by atoms with Gasteiger partial charge in [-0.25, -0.2) is 0 Å². The highest BCUT2D eigenvalue weighted by atomic mass is 16.5. The summed E-state index contributed by atoms with van der Waals surface area (Å²) in [7, 11) is 0. The summed E-state index contributed by atoms with van der Waals surface area (Å²) in [6, 6.07) is 0. The van der Waals surface area contributed by atoms with Crippen LogP contribution in [0, 0.1) is 0 Å². The van der Waals surface area contributed by atoms with Crippen molar-refractivity contribution in [2.45, 2.75) is 26.2 Å². The second-order valence-corrected chi connectivity index (χ2v) is 3.17. The molecular weight excluding hydrogens is 154 g/mol. The fourth-order valence-corrected chi connectivity index (χ4v) is 0.946. The number of hydrogen-bond donors (Lipinski definition) is 0. The van der Waals surface area contributed by atoms with E-state index in [1.54, 1.807) is 0 Å². The molecule has 1 heterocycles. The Bertz CT molecular complexity index is 143. The van der Waals surface area contributed by atoms with Gasteiger partial charge in [-0.1, -0.05) is 13.3 Å². The van der Waals surface area contributed by atoms with Gasteiger partial charge in [0.2, 0.25) is 0 Å². The Morgan fingerprint density at radius 2 is 2.25 bits per heavy atom. The van der Waals surface area contributed by atoms with Crippen molar-refractivity contribution in [2.75, 3.05) is 26.2 Å². The van der Waals surface area contributed by atoms with Gasteiger partial charge in [-0.3, -0.25) is 4.79 Å². The van der Waals surface area contributed by atoms with Crippen molar-refractivity contribution in [3.05, 3.63) is 0 Å². The van der Waals surface area contributed by atoms with Crippen LogP contribution < -0.4 is 0 Å². The van der Waals surface area contributed by atoms with Crippen LogP contribution in [0.25, 0.3) is 0 Å². The molecule has 1 aliphatic heterocycles. The first-order valence-corrected chi connectivity index (χ1v) is 4.71. The molecule has 0 aromatic heterocycles. The predicted octanol–water partition coefficient (Wildman–Crippen LogP) is 1.04. The number of carbonyl (C=O) groups excluding carboxylic acids is 1. The Balaban J connectivity index is 1.88. The summed E-state index contributed by atoms with van der Waals surface area (Å²) in [5.74, 6) is -0.0460. The lowest BCUT2D eigenvalue weighted by molar-refractivity contribution is -0.143. The second-order valence-electron chi connectivity index (χ2n) is 3.17. The van der Waals surface area contributed by atoms with Crippen LogP contribution in [0.2, 0.25) is 0 Å². The molecule has 0 atom stereocenters. The number of carbonyl (C=O) groups is 1. The first-order chi connectivity index (χ1) is 5.83. The van der Waals surface area contributed by atoms with Crippen LogP contribution in [0.15, 0.2) is 0 Å². The fraction of sp³-hybridized carbons (Fsp3) is 0.889. The molecule has 3 heteroatoms. The minimum absolute atomic E-state index is 0.0460. The summed E-state index contributed by atoms with van der Waals surface area (Å²) in [5.41, 5.74) is 0. The van der Waals surface area contributed by atoms with Crippen LogP contribution in [0.4, 0.5) is 0 Å². The summed E-state index contributed by atoms with van der Waals surface area (Å²) in [5, 5.41) is 0. The minimum atomic E-state index is -0.0460. The van der Waals surface area contributed by atoms with Crippen molar-refractivity contribution in [3.63, 3.8) is 0 Å². The molecule has 0 aromatic carbocycles. The average molecular weight is 171 g/mol. The van der Waals surface area contributed by atoms with Gasteiger partial charge in [-0.05, 0) is 6.42 Å². The molecule has 0 bridgehead atoms. The van der Waals surface area contributed by atoms with Crippen LogP contribution in [0.5, 0.6) is 0 Å². The van der Waals surface area contributed by atoms with Crippen molar-refractivity contribution in [2.24, 2.45) is 0 Å².